The second-order valence-corrected chi connectivity index (χ2v) is 2.22. The summed E-state index contributed by atoms with van der Waals surface area (Å²) in [5.41, 5.74) is 6.26. The minimum absolute atomic E-state index is 0.150. The average Bonchev–Trinajstić information content (AvgIpc) is 2.37. The first-order valence-corrected chi connectivity index (χ1v) is 3.19. The van der Waals surface area contributed by atoms with Crippen LogP contribution in [0.25, 0.3) is 0 Å². The number of nitrogens with zero attached hydrogens (tertiary/aromatic N) is 3. The van der Waals surface area contributed by atoms with E-state index in [0.29, 0.717) is 6.54 Å². The van der Waals surface area contributed by atoms with E-state index in [2.05, 4.69) is 10.3 Å². The van der Waals surface area contributed by atoms with E-state index in [9.17, 15) is 0 Å². The van der Waals surface area contributed by atoms with Gasteiger partial charge in [0.2, 0.25) is 0 Å². The molecular formula is C6H10N4O. The molecule has 0 atom stereocenters. The lowest BCUT2D eigenvalue weighted by molar-refractivity contribution is 0.316. The molecule has 0 amide bonds. The zero-order valence-corrected chi connectivity index (χ0v) is 6.23. The molecule has 0 spiro atoms. The molecule has 1 aromatic heterocycles. The molecule has 0 radical (unpaired) electrons. The number of hydrogen-bond donors (Lipinski definition) is 2. The van der Waals surface area contributed by atoms with Gasteiger partial charge < -0.3 is 10.9 Å². The van der Waals surface area contributed by atoms with Crippen molar-refractivity contribution in [3.63, 3.8) is 0 Å². The van der Waals surface area contributed by atoms with E-state index in [1.807, 2.05) is 13.0 Å². The van der Waals surface area contributed by atoms with Crippen LogP contribution in [-0.2, 0) is 6.54 Å². The quantitative estimate of drug-likeness (QED) is 0.271. The number of hydrogen-bond acceptors (Lipinski definition) is 3. The third-order valence-corrected chi connectivity index (χ3v) is 1.37. The lowest BCUT2D eigenvalue weighted by atomic mass is 10.5. The molecule has 0 aliphatic rings. The van der Waals surface area contributed by atoms with E-state index in [-0.39, 0.29) is 5.84 Å². The lowest BCUT2D eigenvalue weighted by Crippen LogP contribution is -2.20. The summed E-state index contributed by atoms with van der Waals surface area (Å²) in [5, 5.41) is 15.0. The third-order valence-electron chi connectivity index (χ3n) is 1.37. The van der Waals surface area contributed by atoms with Crippen LogP contribution in [0.15, 0.2) is 17.4 Å². The Morgan fingerprint density at radius 3 is 3.09 bits per heavy atom. The van der Waals surface area contributed by atoms with Crippen LogP contribution in [0.2, 0.25) is 0 Å². The molecule has 0 unspecified atom stereocenters. The maximum atomic E-state index is 8.25. The number of oxime groups is 1. The van der Waals surface area contributed by atoms with Crippen molar-refractivity contribution < 1.29 is 5.21 Å². The van der Waals surface area contributed by atoms with Crippen LogP contribution in [0, 0.1) is 6.92 Å². The smallest absolute Gasteiger partial charge is 0.160 e. The minimum atomic E-state index is 0.150. The van der Waals surface area contributed by atoms with Gasteiger partial charge in [-0.3, -0.25) is 4.68 Å². The van der Waals surface area contributed by atoms with Crippen molar-refractivity contribution in [1.82, 2.24) is 9.78 Å². The normalized spacial score (nSPS) is 11.9. The van der Waals surface area contributed by atoms with Gasteiger partial charge in [-0.25, -0.2) is 0 Å². The first kappa shape index (κ1) is 7.59. The summed E-state index contributed by atoms with van der Waals surface area (Å²) < 4.78 is 1.65. The summed E-state index contributed by atoms with van der Waals surface area (Å²) in [4.78, 5) is 0. The molecule has 0 fully saturated rings. The first-order valence-electron chi connectivity index (χ1n) is 3.19. The van der Waals surface area contributed by atoms with Crippen LogP contribution in [0.4, 0.5) is 0 Å². The molecule has 11 heavy (non-hydrogen) atoms. The summed E-state index contributed by atoms with van der Waals surface area (Å²) in [6, 6.07) is 1.85. The molecule has 1 heterocycles. The van der Waals surface area contributed by atoms with Gasteiger partial charge in [0.1, 0.15) is 6.54 Å². The van der Waals surface area contributed by atoms with Gasteiger partial charge >= 0.3 is 0 Å². The topological polar surface area (TPSA) is 76.4 Å². The van der Waals surface area contributed by atoms with Crippen molar-refractivity contribution in [3.05, 3.63) is 18.0 Å². The molecule has 1 aromatic rings. The van der Waals surface area contributed by atoms with Crippen molar-refractivity contribution in [2.24, 2.45) is 10.9 Å². The molecule has 0 bridgehead atoms. The van der Waals surface area contributed by atoms with E-state index in [1.54, 1.807) is 10.9 Å². The van der Waals surface area contributed by atoms with Crippen molar-refractivity contribution in [2.45, 2.75) is 13.5 Å². The predicted molar refractivity (Wildman–Crippen MR) is 40.4 cm³/mol. The van der Waals surface area contributed by atoms with Crippen LogP contribution in [0.3, 0.4) is 0 Å². The number of rotatable bonds is 2. The highest BCUT2D eigenvalue weighted by molar-refractivity contribution is 5.79. The Kier molecular flexibility index (Phi) is 2.10. The Balaban J connectivity index is 2.72. The highest BCUT2D eigenvalue weighted by Gasteiger charge is 1.98. The second kappa shape index (κ2) is 3.05. The van der Waals surface area contributed by atoms with E-state index in [1.165, 1.54) is 0 Å². The standard InChI is InChI=1S/C6H10N4O/c1-5-2-3-8-10(5)4-6(7)9-11/h2-3,11H,4H2,1H3,(H2,7,9). The third kappa shape index (κ3) is 1.70. The van der Waals surface area contributed by atoms with Crippen molar-refractivity contribution in [3.8, 4) is 0 Å². The number of nitrogens with two attached hydrogens (primary N) is 1. The van der Waals surface area contributed by atoms with Gasteiger partial charge in [-0.15, -0.1) is 0 Å². The number of aromatic nitrogens is 2. The number of amidine groups is 1. The maximum Gasteiger partial charge on any atom is 0.160 e. The zero-order chi connectivity index (χ0) is 8.27. The maximum absolute atomic E-state index is 8.25. The van der Waals surface area contributed by atoms with Crippen LogP contribution in [-0.4, -0.2) is 20.8 Å². The zero-order valence-electron chi connectivity index (χ0n) is 6.23. The molecule has 0 aliphatic carbocycles. The van der Waals surface area contributed by atoms with Crippen LogP contribution in [0.5, 0.6) is 0 Å². The molecule has 5 nitrogen and oxygen atoms in total. The molecule has 0 saturated carbocycles. The molecular weight excluding hydrogens is 144 g/mol. The summed E-state index contributed by atoms with van der Waals surface area (Å²) in [7, 11) is 0. The van der Waals surface area contributed by atoms with Crippen molar-refractivity contribution in [2.75, 3.05) is 0 Å². The fraction of sp³-hybridized carbons (Fsp3) is 0.333. The fourth-order valence-corrected chi connectivity index (χ4v) is 0.749. The molecule has 0 aliphatic heterocycles. The molecule has 3 N–H and O–H groups in total. The first-order chi connectivity index (χ1) is 5.24. The summed E-state index contributed by atoms with van der Waals surface area (Å²) in [5.74, 6) is 0.150. The Bertz CT molecular complexity index is 265. The Hall–Kier alpha value is -1.52. The summed E-state index contributed by atoms with van der Waals surface area (Å²) in [6.07, 6.45) is 1.67. The molecule has 0 aromatic carbocycles. The Morgan fingerprint density at radius 2 is 2.64 bits per heavy atom. The summed E-state index contributed by atoms with van der Waals surface area (Å²) >= 11 is 0. The SMILES string of the molecule is Cc1ccnn1C/C(N)=N/O. The predicted octanol–water partition coefficient (Wildman–Crippen LogP) is -0.0621. The average molecular weight is 154 g/mol. The van der Waals surface area contributed by atoms with Gasteiger partial charge in [0.15, 0.2) is 5.84 Å². The van der Waals surface area contributed by atoms with E-state index < -0.39 is 0 Å². The molecule has 1 rings (SSSR count). The second-order valence-electron chi connectivity index (χ2n) is 2.22. The van der Waals surface area contributed by atoms with Gasteiger partial charge in [0, 0.05) is 11.9 Å². The Labute approximate surface area is 64.1 Å². The largest absolute Gasteiger partial charge is 0.409 e. The highest BCUT2D eigenvalue weighted by Crippen LogP contribution is 1.94. The highest BCUT2D eigenvalue weighted by atomic mass is 16.4. The molecule has 0 saturated heterocycles. The van der Waals surface area contributed by atoms with Gasteiger partial charge in [0.05, 0.1) is 0 Å². The fourth-order valence-electron chi connectivity index (χ4n) is 0.749. The minimum Gasteiger partial charge on any atom is -0.409 e. The number of aryl methyl sites for hydroxylation is 1. The van der Waals surface area contributed by atoms with Gasteiger partial charge in [0.25, 0.3) is 0 Å². The molecule has 60 valence electrons. The van der Waals surface area contributed by atoms with Crippen LogP contribution in [0.1, 0.15) is 5.69 Å². The van der Waals surface area contributed by atoms with Crippen LogP contribution < -0.4 is 5.73 Å². The van der Waals surface area contributed by atoms with E-state index in [4.69, 9.17) is 10.9 Å². The lowest BCUT2D eigenvalue weighted by Gasteiger charge is -2.00. The van der Waals surface area contributed by atoms with Gasteiger partial charge in [-0.05, 0) is 13.0 Å². The van der Waals surface area contributed by atoms with Crippen molar-refractivity contribution in [1.29, 1.82) is 0 Å². The van der Waals surface area contributed by atoms with E-state index in [0.717, 1.165) is 5.69 Å². The van der Waals surface area contributed by atoms with Crippen LogP contribution >= 0.6 is 0 Å². The van der Waals surface area contributed by atoms with Gasteiger partial charge in [-0.2, -0.15) is 5.10 Å². The molecule has 5 heteroatoms. The monoisotopic (exact) mass is 154 g/mol. The van der Waals surface area contributed by atoms with Gasteiger partial charge in [-0.1, -0.05) is 5.16 Å². The van der Waals surface area contributed by atoms with Crippen molar-refractivity contribution >= 4 is 5.84 Å². The summed E-state index contributed by atoms with van der Waals surface area (Å²) in [6.45, 7) is 2.23. The van der Waals surface area contributed by atoms with E-state index >= 15 is 0 Å². The Morgan fingerprint density at radius 1 is 1.91 bits per heavy atom.